The zero-order valence-electron chi connectivity index (χ0n) is 13.0. The van der Waals surface area contributed by atoms with Crippen molar-refractivity contribution in [1.82, 2.24) is 0 Å². The van der Waals surface area contributed by atoms with Gasteiger partial charge in [0.25, 0.3) is 0 Å². The van der Waals surface area contributed by atoms with Gasteiger partial charge in [0.2, 0.25) is 0 Å². The lowest BCUT2D eigenvalue weighted by Gasteiger charge is -2.50. The van der Waals surface area contributed by atoms with Gasteiger partial charge in [-0.15, -0.1) is 0 Å². The number of para-hydroxylation sites is 1. The first-order valence-electron chi connectivity index (χ1n) is 7.66. The molecule has 0 saturated heterocycles. The van der Waals surface area contributed by atoms with E-state index in [-0.39, 0.29) is 11.4 Å². The maximum Gasteiger partial charge on any atom is 0.146 e. The molecule has 0 heterocycles. The molecule has 0 spiro atoms. The van der Waals surface area contributed by atoms with Gasteiger partial charge in [-0.25, -0.2) is 4.39 Å². The maximum absolute atomic E-state index is 14.2. The van der Waals surface area contributed by atoms with Crippen LogP contribution in [0, 0.1) is 11.2 Å². The third kappa shape index (κ3) is 2.83. The molecule has 1 saturated carbocycles. The molecule has 0 atom stereocenters. The monoisotopic (exact) mass is 278 g/mol. The van der Waals surface area contributed by atoms with E-state index in [9.17, 15) is 4.39 Å². The Hall–Kier alpha value is -1.09. The Labute approximate surface area is 122 Å². The SMILES string of the molecule is CCN(c1ccccc1F)C1(CN)CCC(C)(C)CC1. The molecule has 2 nitrogen and oxygen atoms in total. The summed E-state index contributed by atoms with van der Waals surface area (Å²) < 4.78 is 14.2. The van der Waals surface area contributed by atoms with Crippen molar-refractivity contribution >= 4 is 5.69 Å². The molecule has 0 aliphatic heterocycles. The zero-order valence-corrected chi connectivity index (χ0v) is 13.0. The number of anilines is 1. The summed E-state index contributed by atoms with van der Waals surface area (Å²) >= 11 is 0. The number of hydrogen-bond acceptors (Lipinski definition) is 2. The number of likely N-dealkylation sites (N-methyl/N-ethyl adjacent to an activating group) is 1. The molecular weight excluding hydrogens is 251 g/mol. The zero-order chi connectivity index (χ0) is 14.8. The van der Waals surface area contributed by atoms with E-state index in [1.807, 2.05) is 12.1 Å². The minimum absolute atomic E-state index is 0.0908. The summed E-state index contributed by atoms with van der Waals surface area (Å²) in [7, 11) is 0. The Morgan fingerprint density at radius 2 is 1.75 bits per heavy atom. The normalized spacial score (nSPS) is 20.6. The first-order valence-corrected chi connectivity index (χ1v) is 7.66. The van der Waals surface area contributed by atoms with Crippen LogP contribution < -0.4 is 10.6 Å². The molecule has 2 rings (SSSR count). The van der Waals surface area contributed by atoms with Gasteiger partial charge in [-0.05, 0) is 50.2 Å². The Morgan fingerprint density at radius 3 is 2.25 bits per heavy atom. The van der Waals surface area contributed by atoms with E-state index >= 15 is 0 Å². The molecule has 3 heteroatoms. The van der Waals surface area contributed by atoms with Crippen molar-refractivity contribution in [2.75, 3.05) is 18.0 Å². The summed E-state index contributed by atoms with van der Waals surface area (Å²) in [4.78, 5) is 2.19. The Kier molecular flexibility index (Phi) is 4.38. The Bertz CT molecular complexity index is 446. The molecule has 0 aromatic heterocycles. The smallest absolute Gasteiger partial charge is 0.146 e. The number of nitrogens with two attached hydrogens (primary N) is 1. The van der Waals surface area contributed by atoms with E-state index in [0.717, 1.165) is 32.2 Å². The first-order chi connectivity index (χ1) is 9.44. The fraction of sp³-hybridized carbons (Fsp3) is 0.647. The highest BCUT2D eigenvalue weighted by atomic mass is 19.1. The first kappa shape index (κ1) is 15.3. The fourth-order valence-corrected chi connectivity index (χ4v) is 3.41. The van der Waals surface area contributed by atoms with Crippen LogP contribution in [-0.4, -0.2) is 18.6 Å². The van der Waals surface area contributed by atoms with Gasteiger partial charge < -0.3 is 10.6 Å². The molecule has 0 bridgehead atoms. The average molecular weight is 278 g/mol. The van der Waals surface area contributed by atoms with E-state index in [4.69, 9.17) is 5.73 Å². The van der Waals surface area contributed by atoms with Crippen LogP contribution in [0.3, 0.4) is 0 Å². The molecule has 0 amide bonds. The van der Waals surface area contributed by atoms with Gasteiger partial charge >= 0.3 is 0 Å². The van der Waals surface area contributed by atoms with Crippen molar-refractivity contribution in [1.29, 1.82) is 0 Å². The summed E-state index contributed by atoms with van der Waals surface area (Å²) in [6, 6.07) is 7.05. The highest BCUT2D eigenvalue weighted by Gasteiger charge is 2.41. The molecular formula is C17H27FN2. The Balaban J connectivity index is 2.32. The van der Waals surface area contributed by atoms with Gasteiger partial charge in [0.1, 0.15) is 5.82 Å². The topological polar surface area (TPSA) is 29.3 Å². The molecule has 1 aromatic rings. The second kappa shape index (κ2) is 5.72. The van der Waals surface area contributed by atoms with Crippen molar-refractivity contribution in [2.24, 2.45) is 11.1 Å². The summed E-state index contributed by atoms with van der Waals surface area (Å²) in [5, 5.41) is 0. The minimum Gasteiger partial charge on any atom is -0.362 e. The van der Waals surface area contributed by atoms with E-state index in [1.54, 1.807) is 6.07 Å². The van der Waals surface area contributed by atoms with Crippen LogP contribution in [0.25, 0.3) is 0 Å². The van der Waals surface area contributed by atoms with Gasteiger partial charge in [-0.3, -0.25) is 0 Å². The number of hydrogen-bond donors (Lipinski definition) is 1. The largest absolute Gasteiger partial charge is 0.362 e. The predicted molar refractivity (Wildman–Crippen MR) is 83.5 cm³/mol. The van der Waals surface area contributed by atoms with Gasteiger partial charge in [0.15, 0.2) is 0 Å². The second-order valence-corrected chi connectivity index (χ2v) is 6.79. The molecule has 20 heavy (non-hydrogen) atoms. The molecule has 112 valence electrons. The fourth-order valence-electron chi connectivity index (χ4n) is 3.41. The molecule has 0 unspecified atom stereocenters. The minimum atomic E-state index is -0.146. The predicted octanol–water partition coefficient (Wildman–Crippen LogP) is 3.95. The van der Waals surface area contributed by atoms with Crippen LogP contribution in [0.15, 0.2) is 24.3 Å². The average Bonchev–Trinajstić information content (AvgIpc) is 2.44. The van der Waals surface area contributed by atoms with Crippen molar-refractivity contribution in [3.63, 3.8) is 0 Å². The summed E-state index contributed by atoms with van der Waals surface area (Å²) in [5.74, 6) is -0.146. The van der Waals surface area contributed by atoms with Crippen LogP contribution in [0.2, 0.25) is 0 Å². The van der Waals surface area contributed by atoms with Crippen molar-refractivity contribution in [3.05, 3.63) is 30.1 Å². The number of rotatable bonds is 4. The molecule has 1 aliphatic rings. The standard InChI is InChI=1S/C17H27FN2/c1-4-20(15-8-6-5-7-14(15)18)17(13-19)11-9-16(2,3)10-12-17/h5-8H,4,9-13,19H2,1-3H3. The third-order valence-corrected chi connectivity index (χ3v) is 4.95. The molecule has 2 N–H and O–H groups in total. The van der Waals surface area contributed by atoms with E-state index < -0.39 is 0 Å². The van der Waals surface area contributed by atoms with Crippen LogP contribution in [0.4, 0.5) is 10.1 Å². The highest BCUT2D eigenvalue weighted by Crippen LogP contribution is 2.44. The van der Waals surface area contributed by atoms with Crippen molar-refractivity contribution < 1.29 is 4.39 Å². The van der Waals surface area contributed by atoms with Gasteiger partial charge in [-0.1, -0.05) is 26.0 Å². The van der Waals surface area contributed by atoms with E-state index in [2.05, 4.69) is 25.7 Å². The molecule has 1 fully saturated rings. The quantitative estimate of drug-likeness (QED) is 0.903. The maximum atomic E-state index is 14.2. The van der Waals surface area contributed by atoms with Crippen molar-refractivity contribution in [3.8, 4) is 0 Å². The number of halogens is 1. The van der Waals surface area contributed by atoms with Crippen LogP contribution in [-0.2, 0) is 0 Å². The summed E-state index contributed by atoms with van der Waals surface area (Å²) in [6.07, 6.45) is 4.38. The highest BCUT2D eigenvalue weighted by molar-refractivity contribution is 5.50. The lowest BCUT2D eigenvalue weighted by molar-refractivity contribution is 0.161. The Morgan fingerprint density at radius 1 is 1.15 bits per heavy atom. The third-order valence-electron chi connectivity index (χ3n) is 4.95. The van der Waals surface area contributed by atoms with E-state index in [1.165, 1.54) is 6.07 Å². The number of nitrogens with zero attached hydrogens (tertiary/aromatic N) is 1. The number of benzene rings is 1. The molecule has 1 aromatic carbocycles. The second-order valence-electron chi connectivity index (χ2n) is 6.79. The summed E-state index contributed by atoms with van der Waals surface area (Å²) in [5.41, 5.74) is 7.11. The molecule has 1 aliphatic carbocycles. The van der Waals surface area contributed by atoms with Crippen LogP contribution in [0.1, 0.15) is 46.5 Å². The summed E-state index contributed by atoms with van der Waals surface area (Å²) in [6.45, 7) is 8.09. The van der Waals surface area contributed by atoms with Gasteiger partial charge in [0.05, 0.1) is 11.2 Å². The van der Waals surface area contributed by atoms with Crippen molar-refractivity contribution in [2.45, 2.75) is 52.0 Å². The van der Waals surface area contributed by atoms with Gasteiger partial charge in [0, 0.05) is 13.1 Å². The van der Waals surface area contributed by atoms with Crippen LogP contribution >= 0.6 is 0 Å². The van der Waals surface area contributed by atoms with Crippen LogP contribution in [0.5, 0.6) is 0 Å². The van der Waals surface area contributed by atoms with Gasteiger partial charge in [-0.2, -0.15) is 0 Å². The van der Waals surface area contributed by atoms with E-state index in [0.29, 0.717) is 17.6 Å². The lowest BCUT2D eigenvalue weighted by atomic mass is 9.68. The molecule has 0 radical (unpaired) electrons. The lowest BCUT2D eigenvalue weighted by Crippen LogP contribution is -2.57.